The molecule has 3 heteroatoms. The Morgan fingerprint density at radius 2 is 1.00 bits per heavy atom. The molecule has 1 aromatic rings. The molecule has 184 valence electrons. The largest absolute Gasteiger partial charge is 0.461 e. The molecular weight excluding hydrogens is 399 g/mol. The van der Waals surface area contributed by atoms with Gasteiger partial charge in [0.25, 0.3) is 0 Å². The van der Waals surface area contributed by atoms with Gasteiger partial charge in [0, 0.05) is 6.42 Å². The first kappa shape index (κ1) is 28.7. The standard InChI is InChI=1S/C29H49FO2/c1-2-3-4-5-6-7-8-9-10-11-12-13-14-15-16-17-18-19-20-21-29(31)32-26-27-22-24-28(30)25-23-27/h22-25H,2-21,26H2,1H3. The van der Waals surface area contributed by atoms with E-state index in [4.69, 9.17) is 4.74 Å². The first-order valence-corrected chi connectivity index (χ1v) is 13.6. The van der Waals surface area contributed by atoms with E-state index < -0.39 is 0 Å². The second-order valence-electron chi connectivity index (χ2n) is 9.40. The Bertz CT molecular complexity index is 541. The minimum Gasteiger partial charge on any atom is -0.461 e. The van der Waals surface area contributed by atoms with Gasteiger partial charge in [-0.1, -0.05) is 135 Å². The highest BCUT2D eigenvalue weighted by molar-refractivity contribution is 5.69. The second-order valence-corrected chi connectivity index (χ2v) is 9.40. The van der Waals surface area contributed by atoms with Crippen LogP contribution < -0.4 is 0 Å². The van der Waals surface area contributed by atoms with E-state index in [2.05, 4.69) is 6.92 Å². The third-order valence-electron chi connectivity index (χ3n) is 6.30. The highest BCUT2D eigenvalue weighted by Crippen LogP contribution is 2.15. The highest BCUT2D eigenvalue weighted by Gasteiger charge is 2.03. The fourth-order valence-corrected chi connectivity index (χ4v) is 4.16. The molecule has 0 aliphatic rings. The van der Waals surface area contributed by atoms with Gasteiger partial charge >= 0.3 is 5.97 Å². The molecule has 1 aromatic carbocycles. The van der Waals surface area contributed by atoms with Gasteiger partial charge in [0.05, 0.1) is 0 Å². The van der Waals surface area contributed by atoms with Crippen LogP contribution in [0.2, 0.25) is 0 Å². The summed E-state index contributed by atoms with van der Waals surface area (Å²) in [6.45, 7) is 2.52. The van der Waals surface area contributed by atoms with Gasteiger partial charge in [-0.2, -0.15) is 0 Å². The summed E-state index contributed by atoms with van der Waals surface area (Å²) >= 11 is 0. The van der Waals surface area contributed by atoms with E-state index in [0.717, 1.165) is 18.4 Å². The molecule has 0 atom stereocenters. The first-order valence-electron chi connectivity index (χ1n) is 13.6. The number of carbonyl (C=O) groups excluding carboxylic acids is 1. The van der Waals surface area contributed by atoms with Crippen molar-refractivity contribution in [2.75, 3.05) is 0 Å². The van der Waals surface area contributed by atoms with E-state index in [0.29, 0.717) is 6.42 Å². The van der Waals surface area contributed by atoms with Gasteiger partial charge in [-0.25, -0.2) is 4.39 Å². The van der Waals surface area contributed by atoms with E-state index >= 15 is 0 Å². The molecule has 0 aromatic heterocycles. The molecule has 0 fully saturated rings. The Morgan fingerprint density at radius 3 is 1.41 bits per heavy atom. The molecule has 0 aliphatic carbocycles. The average Bonchev–Trinajstić information content (AvgIpc) is 2.80. The van der Waals surface area contributed by atoms with Gasteiger partial charge in [-0.3, -0.25) is 4.79 Å². The maximum absolute atomic E-state index is 12.8. The maximum Gasteiger partial charge on any atom is 0.306 e. The van der Waals surface area contributed by atoms with Gasteiger partial charge in [-0.15, -0.1) is 0 Å². The van der Waals surface area contributed by atoms with E-state index in [9.17, 15) is 9.18 Å². The summed E-state index contributed by atoms with van der Waals surface area (Å²) in [5.74, 6) is -0.421. The molecule has 0 N–H and O–H groups in total. The van der Waals surface area contributed by atoms with Crippen molar-refractivity contribution < 1.29 is 13.9 Å². The lowest BCUT2D eigenvalue weighted by Crippen LogP contribution is -2.04. The molecule has 0 spiro atoms. The zero-order chi connectivity index (χ0) is 23.1. The molecule has 32 heavy (non-hydrogen) atoms. The molecule has 1 rings (SSSR count). The normalized spacial score (nSPS) is 11.1. The molecule has 0 heterocycles. The third-order valence-corrected chi connectivity index (χ3v) is 6.30. The van der Waals surface area contributed by atoms with Crippen LogP contribution in [-0.4, -0.2) is 5.97 Å². The number of hydrogen-bond acceptors (Lipinski definition) is 2. The summed E-state index contributed by atoms with van der Waals surface area (Å²) in [6.07, 6.45) is 26.1. The molecular formula is C29H49FO2. The number of esters is 1. The van der Waals surface area contributed by atoms with Crippen LogP contribution in [0.3, 0.4) is 0 Å². The van der Waals surface area contributed by atoms with Gasteiger partial charge in [-0.05, 0) is 24.1 Å². The van der Waals surface area contributed by atoms with Crippen LogP contribution >= 0.6 is 0 Å². The molecule has 0 radical (unpaired) electrons. The van der Waals surface area contributed by atoms with Crippen molar-refractivity contribution in [1.82, 2.24) is 0 Å². The SMILES string of the molecule is CCCCCCCCCCCCCCCCCCCCCC(=O)OCc1ccc(F)cc1. The predicted octanol–water partition coefficient (Wildman–Crippen LogP) is 9.69. The summed E-state index contributed by atoms with van der Waals surface area (Å²) < 4.78 is 18.1. The smallest absolute Gasteiger partial charge is 0.306 e. The van der Waals surface area contributed by atoms with E-state index in [1.807, 2.05) is 0 Å². The average molecular weight is 449 g/mol. The van der Waals surface area contributed by atoms with Crippen molar-refractivity contribution in [3.8, 4) is 0 Å². The van der Waals surface area contributed by atoms with Crippen molar-refractivity contribution in [1.29, 1.82) is 0 Å². The lowest BCUT2D eigenvalue weighted by Gasteiger charge is -2.05. The third kappa shape index (κ3) is 18.2. The number of unbranched alkanes of at least 4 members (excludes halogenated alkanes) is 18. The lowest BCUT2D eigenvalue weighted by atomic mass is 10.0. The van der Waals surface area contributed by atoms with Crippen LogP contribution in [0.5, 0.6) is 0 Å². The van der Waals surface area contributed by atoms with E-state index in [1.54, 1.807) is 12.1 Å². The molecule has 0 saturated heterocycles. The Labute approximate surface area is 197 Å². The zero-order valence-electron chi connectivity index (χ0n) is 20.9. The predicted molar refractivity (Wildman–Crippen MR) is 134 cm³/mol. The molecule has 0 aliphatic heterocycles. The van der Waals surface area contributed by atoms with Gasteiger partial charge < -0.3 is 4.74 Å². The zero-order valence-corrected chi connectivity index (χ0v) is 20.9. The van der Waals surface area contributed by atoms with Crippen LogP contribution in [-0.2, 0) is 16.1 Å². The summed E-state index contributed by atoms with van der Waals surface area (Å²) in [4.78, 5) is 11.8. The topological polar surface area (TPSA) is 26.3 Å². The minimum absolute atomic E-state index is 0.152. The maximum atomic E-state index is 12.8. The Balaban J connectivity index is 1.74. The lowest BCUT2D eigenvalue weighted by molar-refractivity contribution is -0.145. The van der Waals surface area contributed by atoms with Crippen molar-refractivity contribution in [2.45, 2.75) is 142 Å². The number of halogens is 1. The first-order chi connectivity index (χ1) is 15.7. The minimum atomic E-state index is -0.269. The summed E-state index contributed by atoms with van der Waals surface area (Å²) in [5.41, 5.74) is 0.827. The van der Waals surface area contributed by atoms with Crippen molar-refractivity contribution >= 4 is 5.97 Å². The van der Waals surface area contributed by atoms with Gasteiger partial charge in [0.1, 0.15) is 12.4 Å². The number of carbonyl (C=O) groups is 1. The fraction of sp³-hybridized carbons (Fsp3) is 0.759. The van der Waals surface area contributed by atoms with Crippen LogP contribution in [0, 0.1) is 5.82 Å². The van der Waals surface area contributed by atoms with E-state index in [-0.39, 0.29) is 18.4 Å². The van der Waals surface area contributed by atoms with Crippen LogP contribution in [0.1, 0.15) is 141 Å². The molecule has 2 nitrogen and oxygen atoms in total. The summed E-state index contributed by atoms with van der Waals surface area (Å²) in [7, 11) is 0. The number of hydrogen-bond donors (Lipinski definition) is 0. The van der Waals surface area contributed by atoms with Crippen molar-refractivity contribution in [3.63, 3.8) is 0 Å². The molecule has 0 saturated carbocycles. The van der Waals surface area contributed by atoms with Crippen molar-refractivity contribution in [2.24, 2.45) is 0 Å². The molecule has 0 amide bonds. The highest BCUT2D eigenvalue weighted by atomic mass is 19.1. The second kappa shape index (κ2) is 21.5. The number of rotatable bonds is 22. The van der Waals surface area contributed by atoms with Crippen molar-refractivity contribution in [3.05, 3.63) is 35.6 Å². The van der Waals surface area contributed by atoms with Crippen LogP contribution in [0.15, 0.2) is 24.3 Å². The monoisotopic (exact) mass is 448 g/mol. The Morgan fingerprint density at radius 1 is 0.625 bits per heavy atom. The van der Waals surface area contributed by atoms with Crippen LogP contribution in [0.25, 0.3) is 0 Å². The Kier molecular flexibility index (Phi) is 19.2. The summed E-state index contributed by atoms with van der Waals surface area (Å²) in [5, 5.41) is 0. The van der Waals surface area contributed by atoms with Crippen LogP contribution in [0.4, 0.5) is 4.39 Å². The Hall–Kier alpha value is -1.38. The van der Waals surface area contributed by atoms with Gasteiger partial charge in [0.2, 0.25) is 0 Å². The number of benzene rings is 1. The van der Waals surface area contributed by atoms with Gasteiger partial charge in [0.15, 0.2) is 0 Å². The molecule has 0 unspecified atom stereocenters. The number of ether oxygens (including phenoxy) is 1. The quantitative estimate of drug-likeness (QED) is 0.130. The molecule has 0 bridgehead atoms. The fourth-order valence-electron chi connectivity index (χ4n) is 4.16. The van der Waals surface area contributed by atoms with E-state index in [1.165, 1.54) is 121 Å². The summed E-state index contributed by atoms with van der Waals surface area (Å²) in [6, 6.07) is 6.09.